The van der Waals surface area contributed by atoms with Gasteiger partial charge in [0.05, 0.1) is 17.0 Å². The molecule has 0 bridgehead atoms. The Balaban J connectivity index is 3.14. The van der Waals surface area contributed by atoms with Gasteiger partial charge in [0.25, 0.3) is 5.88 Å². The van der Waals surface area contributed by atoms with Crippen molar-refractivity contribution in [2.24, 2.45) is 0 Å². The molecule has 1 aromatic heterocycles. The van der Waals surface area contributed by atoms with Gasteiger partial charge in [0.1, 0.15) is 0 Å². The van der Waals surface area contributed by atoms with Crippen LogP contribution in [-0.4, -0.2) is 14.0 Å². The van der Waals surface area contributed by atoms with E-state index in [-0.39, 0.29) is 5.88 Å². The lowest BCUT2D eigenvalue weighted by atomic mass is 10.5. The molecule has 0 aliphatic rings. The van der Waals surface area contributed by atoms with Gasteiger partial charge in [0, 0.05) is 6.92 Å². The predicted molar refractivity (Wildman–Crippen MR) is 29.3 cm³/mol. The molecule has 0 saturated heterocycles. The van der Waals surface area contributed by atoms with E-state index in [1.54, 1.807) is 6.92 Å². The minimum absolute atomic E-state index is 0.138. The van der Waals surface area contributed by atoms with Gasteiger partial charge in [-0.25, -0.2) is 0 Å². The molecular weight excluding hydrogens is 126 g/mol. The van der Waals surface area contributed by atoms with Crippen LogP contribution in [0.4, 0.5) is 0 Å². The fraction of sp³-hybridized carbons (Fsp3) is 0.250. The molecule has 1 aromatic rings. The summed E-state index contributed by atoms with van der Waals surface area (Å²) in [6.45, 7) is 1.66. The van der Waals surface area contributed by atoms with Gasteiger partial charge in [-0.1, -0.05) is 0 Å². The van der Waals surface area contributed by atoms with Crippen molar-refractivity contribution in [3.05, 3.63) is 10.9 Å². The minimum Gasteiger partial charge on any atom is -0.569 e. The van der Waals surface area contributed by atoms with E-state index in [4.69, 9.17) is 5.11 Å². The summed E-state index contributed by atoms with van der Waals surface area (Å²) < 4.78 is 13.8. The molecule has 44 valence electrons. The Morgan fingerprint density at radius 1 is 1.88 bits per heavy atom. The van der Waals surface area contributed by atoms with Crippen LogP contribution in [0.3, 0.4) is 0 Å². The van der Waals surface area contributed by atoms with Crippen molar-refractivity contribution in [2.45, 2.75) is 6.92 Å². The first-order valence-corrected chi connectivity index (χ1v) is 3.18. The summed E-state index contributed by atoms with van der Waals surface area (Å²) in [7, 11) is -1.30. The molecular formula is C4H5NO2S. The molecule has 1 heterocycles. The smallest absolute Gasteiger partial charge is 0.269 e. The van der Waals surface area contributed by atoms with Gasteiger partial charge in [-0.3, -0.25) is 0 Å². The Kier molecular flexibility index (Phi) is 1.19. The fourth-order valence-electron chi connectivity index (χ4n) is 0.416. The van der Waals surface area contributed by atoms with Crippen LogP contribution in [-0.2, 0) is 0 Å². The summed E-state index contributed by atoms with van der Waals surface area (Å²) >= 11 is 0. The van der Waals surface area contributed by atoms with Crippen LogP contribution in [0, 0.1) is 6.92 Å². The summed E-state index contributed by atoms with van der Waals surface area (Å²) in [4.78, 5) is 0.600. The maximum absolute atomic E-state index is 10.5. The first-order chi connectivity index (χ1) is 3.70. The molecule has 1 rings (SSSR count). The number of rotatable bonds is 0. The van der Waals surface area contributed by atoms with Crippen molar-refractivity contribution in [1.29, 1.82) is 0 Å². The molecule has 0 radical (unpaired) electrons. The maximum Gasteiger partial charge on any atom is 0.269 e. The second kappa shape index (κ2) is 1.72. The highest BCUT2D eigenvalue weighted by molar-refractivity contribution is 7.19. The van der Waals surface area contributed by atoms with Crippen LogP contribution < -0.4 is 0 Å². The van der Waals surface area contributed by atoms with Gasteiger partial charge in [-0.15, -0.1) is 0 Å². The molecule has 8 heavy (non-hydrogen) atoms. The summed E-state index contributed by atoms with van der Waals surface area (Å²) in [5, 5.41) is 8.55. The molecule has 1 unspecified atom stereocenters. The maximum atomic E-state index is 10.5. The lowest BCUT2D eigenvalue weighted by Gasteiger charge is -1.78. The van der Waals surface area contributed by atoms with Crippen molar-refractivity contribution in [2.75, 3.05) is 0 Å². The number of aromatic nitrogens is 1. The van der Waals surface area contributed by atoms with E-state index >= 15 is 0 Å². The van der Waals surface area contributed by atoms with Crippen molar-refractivity contribution in [3.8, 4) is 5.88 Å². The highest BCUT2D eigenvalue weighted by Gasteiger charge is 2.04. The summed E-state index contributed by atoms with van der Waals surface area (Å²) in [6.07, 6.45) is 0. The van der Waals surface area contributed by atoms with Crippen LogP contribution >= 0.6 is 10.9 Å². The second-order valence-corrected chi connectivity index (χ2v) is 2.78. The number of hydrogen-bond acceptors (Lipinski definition) is 3. The Bertz CT molecular complexity index is 176. The Morgan fingerprint density at radius 2 is 2.50 bits per heavy atom. The van der Waals surface area contributed by atoms with Crippen LogP contribution in [0.2, 0.25) is 0 Å². The topological polar surface area (TPSA) is 56.2 Å². The van der Waals surface area contributed by atoms with Gasteiger partial charge in [-0.05, 0) is 4.37 Å². The highest BCUT2D eigenvalue weighted by atomic mass is 32.2. The van der Waals surface area contributed by atoms with Crippen LogP contribution in [0.1, 0.15) is 4.88 Å². The number of hydrogen-bond donors (Lipinski definition) is 1. The standard InChI is InChI=1S/C4H5NO2S/c1-3-2-4(6)5-8(3)7/h2H,1H3,(H,5,6). The van der Waals surface area contributed by atoms with E-state index in [0.29, 0.717) is 4.88 Å². The molecule has 4 heteroatoms. The quantitative estimate of drug-likeness (QED) is 0.530. The number of aromatic hydroxyl groups is 1. The summed E-state index contributed by atoms with van der Waals surface area (Å²) in [6, 6.07) is 1.39. The van der Waals surface area contributed by atoms with Crippen molar-refractivity contribution in [3.63, 3.8) is 0 Å². The number of nitrogens with zero attached hydrogens (tertiary/aromatic N) is 1. The minimum atomic E-state index is -1.30. The highest BCUT2D eigenvalue weighted by Crippen LogP contribution is 2.20. The fourth-order valence-corrected chi connectivity index (χ4v) is 0.988. The zero-order valence-corrected chi connectivity index (χ0v) is 5.10. The number of aryl methyl sites for hydroxylation is 1. The van der Waals surface area contributed by atoms with Crippen LogP contribution in [0.25, 0.3) is 0 Å². The summed E-state index contributed by atoms with van der Waals surface area (Å²) in [5.74, 6) is -0.138. The monoisotopic (exact) mass is 131 g/mol. The normalized spacial score (nSPS) is 12.0. The lowest BCUT2D eigenvalue weighted by Crippen LogP contribution is -1.60. The molecule has 0 aliphatic carbocycles. The van der Waals surface area contributed by atoms with Gasteiger partial charge in [0.15, 0.2) is 4.88 Å². The van der Waals surface area contributed by atoms with Gasteiger partial charge < -0.3 is 9.66 Å². The predicted octanol–water partition coefficient (Wildman–Crippen LogP) is 0.823. The second-order valence-electron chi connectivity index (χ2n) is 1.45. The molecule has 1 atom stereocenters. The molecule has 0 aromatic carbocycles. The van der Waals surface area contributed by atoms with E-state index in [1.165, 1.54) is 6.07 Å². The van der Waals surface area contributed by atoms with Crippen molar-refractivity contribution in [1.82, 2.24) is 4.37 Å². The molecule has 0 spiro atoms. The molecule has 0 fully saturated rings. The van der Waals surface area contributed by atoms with Gasteiger partial charge in [-0.2, -0.15) is 0 Å². The molecule has 0 aliphatic heterocycles. The van der Waals surface area contributed by atoms with E-state index in [9.17, 15) is 4.55 Å². The summed E-state index contributed by atoms with van der Waals surface area (Å²) in [5.41, 5.74) is 0. The van der Waals surface area contributed by atoms with Crippen LogP contribution in [0.15, 0.2) is 6.07 Å². The lowest BCUT2D eigenvalue weighted by molar-refractivity contribution is 0.457. The Morgan fingerprint density at radius 3 is 2.62 bits per heavy atom. The third-order valence-corrected chi connectivity index (χ3v) is 1.81. The SMILES string of the molecule is Cc1cc(O)n[s+]1[O-]. The first-order valence-electron chi connectivity index (χ1n) is 2.08. The van der Waals surface area contributed by atoms with Crippen molar-refractivity contribution < 1.29 is 9.66 Å². The van der Waals surface area contributed by atoms with Gasteiger partial charge in [0.2, 0.25) is 0 Å². The molecule has 3 nitrogen and oxygen atoms in total. The zero-order valence-electron chi connectivity index (χ0n) is 4.29. The van der Waals surface area contributed by atoms with Gasteiger partial charge >= 0.3 is 0 Å². The van der Waals surface area contributed by atoms with Crippen LogP contribution in [0.5, 0.6) is 5.88 Å². The molecule has 0 saturated carbocycles. The third-order valence-electron chi connectivity index (χ3n) is 0.784. The van der Waals surface area contributed by atoms with E-state index in [1.807, 2.05) is 0 Å². The average Bonchev–Trinajstić information content (AvgIpc) is 1.85. The van der Waals surface area contributed by atoms with Crippen molar-refractivity contribution >= 4 is 10.9 Å². The zero-order chi connectivity index (χ0) is 6.15. The Labute approximate surface area is 49.6 Å². The van der Waals surface area contributed by atoms with E-state index < -0.39 is 10.9 Å². The first kappa shape index (κ1) is 5.53. The Hall–Kier alpha value is -0.610. The molecule has 0 amide bonds. The average molecular weight is 131 g/mol. The largest absolute Gasteiger partial charge is 0.569 e. The van der Waals surface area contributed by atoms with E-state index in [2.05, 4.69) is 4.37 Å². The third kappa shape index (κ3) is 0.801. The van der Waals surface area contributed by atoms with E-state index in [0.717, 1.165) is 0 Å². The molecule has 1 N–H and O–H groups in total.